The molecule has 0 aromatic heterocycles. The fourth-order valence-electron chi connectivity index (χ4n) is 4.00. The lowest BCUT2D eigenvalue weighted by molar-refractivity contribution is -0.152. The molecule has 0 spiro atoms. The summed E-state index contributed by atoms with van der Waals surface area (Å²) in [5, 5.41) is 8.66. The first-order chi connectivity index (χ1) is 14.2. The van der Waals surface area contributed by atoms with Gasteiger partial charge in [-0.1, -0.05) is 12.1 Å². The Labute approximate surface area is 173 Å². The molecular formula is C20H24FN3O6. The predicted octanol–water partition coefficient (Wildman–Crippen LogP) is 1.07. The minimum atomic E-state index is -1.20. The van der Waals surface area contributed by atoms with Crippen molar-refractivity contribution in [2.45, 2.75) is 44.9 Å². The van der Waals surface area contributed by atoms with E-state index in [-0.39, 0.29) is 13.1 Å². The lowest BCUT2D eigenvalue weighted by Crippen LogP contribution is -2.67. The molecule has 0 radical (unpaired) electrons. The number of hydrogen-bond acceptors (Lipinski definition) is 5. The summed E-state index contributed by atoms with van der Waals surface area (Å²) in [7, 11) is 0. The summed E-state index contributed by atoms with van der Waals surface area (Å²) in [5.74, 6) is -2.61. The Kier molecular flexibility index (Phi) is 6.35. The van der Waals surface area contributed by atoms with Crippen molar-refractivity contribution in [3.05, 3.63) is 35.6 Å². The molecule has 3 rings (SSSR count). The molecule has 1 N–H and O–H groups in total. The standard InChI is InChI=1S/C20H24FN3O6/c1-12(2)24-19(28)18-15(6-7-22(18)16(25)10-30-11-17(26)27)23(20(24)29)9-13-4-3-5-14(21)8-13/h3-5,8,12,15,18H,6-7,9-11H2,1-2H3,(H,26,27)/t15-,18+/m1/s1. The van der Waals surface area contributed by atoms with Gasteiger partial charge >= 0.3 is 12.0 Å². The van der Waals surface area contributed by atoms with Crippen LogP contribution in [0.5, 0.6) is 0 Å². The van der Waals surface area contributed by atoms with Gasteiger partial charge in [-0.2, -0.15) is 0 Å². The number of carboxylic acid groups (broad SMARTS) is 1. The van der Waals surface area contributed by atoms with Crippen LogP contribution in [0.2, 0.25) is 0 Å². The van der Waals surface area contributed by atoms with Crippen LogP contribution < -0.4 is 0 Å². The second kappa shape index (κ2) is 8.78. The molecule has 0 unspecified atom stereocenters. The highest BCUT2D eigenvalue weighted by Crippen LogP contribution is 2.32. The van der Waals surface area contributed by atoms with Crippen molar-refractivity contribution in [1.29, 1.82) is 0 Å². The van der Waals surface area contributed by atoms with Crippen LogP contribution in [-0.2, 0) is 25.7 Å². The molecule has 0 bridgehead atoms. The number of benzene rings is 1. The third-order valence-electron chi connectivity index (χ3n) is 5.24. The van der Waals surface area contributed by atoms with E-state index in [2.05, 4.69) is 0 Å². The molecule has 4 amide bonds. The Bertz CT molecular complexity index is 861. The molecule has 30 heavy (non-hydrogen) atoms. The van der Waals surface area contributed by atoms with Gasteiger partial charge in [-0.05, 0) is 38.0 Å². The number of hydrogen-bond donors (Lipinski definition) is 1. The number of amides is 4. The molecule has 0 saturated carbocycles. The van der Waals surface area contributed by atoms with Crippen LogP contribution >= 0.6 is 0 Å². The molecule has 2 aliphatic rings. The number of ether oxygens (including phenoxy) is 1. The molecule has 1 aromatic rings. The van der Waals surface area contributed by atoms with E-state index in [4.69, 9.17) is 9.84 Å². The number of aliphatic carboxylic acids is 1. The molecule has 162 valence electrons. The highest BCUT2D eigenvalue weighted by molar-refractivity contribution is 6.02. The summed E-state index contributed by atoms with van der Waals surface area (Å²) in [6, 6.07) is 3.54. The van der Waals surface area contributed by atoms with E-state index in [0.717, 1.165) is 4.90 Å². The third-order valence-corrected chi connectivity index (χ3v) is 5.24. The fourth-order valence-corrected chi connectivity index (χ4v) is 4.00. The smallest absolute Gasteiger partial charge is 0.329 e. The topological polar surface area (TPSA) is 107 Å². The summed E-state index contributed by atoms with van der Waals surface area (Å²) >= 11 is 0. The quantitative estimate of drug-likeness (QED) is 0.706. The van der Waals surface area contributed by atoms with Gasteiger partial charge in [0.1, 0.15) is 25.1 Å². The lowest BCUT2D eigenvalue weighted by atomic mass is 10.0. The fraction of sp³-hybridized carbons (Fsp3) is 0.500. The summed E-state index contributed by atoms with van der Waals surface area (Å²) < 4.78 is 18.5. The molecule has 0 aliphatic carbocycles. The molecule has 2 heterocycles. The van der Waals surface area contributed by atoms with Crippen LogP contribution in [0.3, 0.4) is 0 Å². The minimum Gasteiger partial charge on any atom is -0.480 e. The van der Waals surface area contributed by atoms with E-state index >= 15 is 0 Å². The molecule has 2 fully saturated rings. The number of nitrogens with zero attached hydrogens (tertiary/aromatic N) is 3. The second-order valence-corrected chi connectivity index (χ2v) is 7.62. The van der Waals surface area contributed by atoms with Crippen LogP contribution in [0, 0.1) is 5.82 Å². The summed E-state index contributed by atoms with van der Waals surface area (Å²) in [6.45, 7) is 2.65. The normalized spacial score (nSPS) is 21.4. The Balaban J connectivity index is 1.85. The van der Waals surface area contributed by atoms with Crippen molar-refractivity contribution in [2.75, 3.05) is 19.8 Å². The number of carbonyl (C=O) groups excluding carboxylic acids is 3. The summed E-state index contributed by atoms with van der Waals surface area (Å²) in [4.78, 5) is 53.3. The number of carboxylic acids is 1. The van der Waals surface area contributed by atoms with Crippen LogP contribution in [0.4, 0.5) is 9.18 Å². The van der Waals surface area contributed by atoms with Gasteiger partial charge in [-0.25, -0.2) is 14.0 Å². The zero-order valence-corrected chi connectivity index (χ0v) is 16.8. The maximum Gasteiger partial charge on any atom is 0.329 e. The van der Waals surface area contributed by atoms with Gasteiger partial charge in [0.2, 0.25) is 5.91 Å². The number of rotatable bonds is 7. The van der Waals surface area contributed by atoms with E-state index in [9.17, 15) is 23.6 Å². The van der Waals surface area contributed by atoms with Gasteiger partial charge in [-0.3, -0.25) is 14.5 Å². The number of likely N-dealkylation sites (tertiary alicyclic amines) is 1. The average molecular weight is 421 g/mol. The van der Waals surface area contributed by atoms with Gasteiger partial charge in [0.25, 0.3) is 5.91 Å². The van der Waals surface area contributed by atoms with Crippen LogP contribution in [0.25, 0.3) is 0 Å². The Hall–Kier alpha value is -3.01. The molecule has 1 aromatic carbocycles. The van der Waals surface area contributed by atoms with Gasteiger partial charge in [0.05, 0.1) is 6.04 Å². The maximum absolute atomic E-state index is 13.6. The second-order valence-electron chi connectivity index (χ2n) is 7.62. The average Bonchev–Trinajstić information content (AvgIpc) is 3.10. The van der Waals surface area contributed by atoms with Gasteiger partial charge in [0, 0.05) is 19.1 Å². The third kappa shape index (κ3) is 4.28. The zero-order chi connectivity index (χ0) is 22.0. The number of carbonyl (C=O) groups is 4. The molecule has 10 heteroatoms. The van der Waals surface area contributed by atoms with Crippen LogP contribution in [0.1, 0.15) is 25.8 Å². The van der Waals surface area contributed by atoms with Crippen LogP contribution in [0.15, 0.2) is 24.3 Å². The van der Waals surface area contributed by atoms with E-state index in [0.29, 0.717) is 12.0 Å². The number of imide groups is 1. The Morgan fingerprint density at radius 2 is 2.00 bits per heavy atom. The first-order valence-corrected chi connectivity index (χ1v) is 9.67. The van der Waals surface area contributed by atoms with Gasteiger partial charge in [0.15, 0.2) is 0 Å². The Morgan fingerprint density at radius 1 is 1.27 bits per heavy atom. The number of urea groups is 1. The van der Waals surface area contributed by atoms with Crippen LogP contribution in [-0.4, -0.2) is 81.5 Å². The number of fused-ring (bicyclic) bond motifs is 1. The number of halogens is 1. The van der Waals surface area contributed by atoms with Crippen molar-refractivity contribution in [2.24, 2.45) is 0 Å². The van der Waals surface area contributed by atoms with Crippen molar-refractivity contribution in [3.63, 3.8) is 0 Å². The predicted molar refractivity (Wildman–Crippen MR) is 102 cm³/mol. The van der Waals surface area contributed by atoms with Gasteiger partial charge < -0.3 is 19.6 Å². The van der Waals surface area contributed by atoms with Crippen molar-refractivity contribution in [3.8, 4) is 0 Å². The molecule has 2 atom stereocenters. The molecule has 9 nitrogen and oxygen atoms in total. The SMILES string of the molecule is CC(C)N1C(=O)[C@@H]2[C@@H](CCN2C(=O)COCC(=O)O)N(Cc2cccc(F)c2)C1=O. The largest absolute Gasteiger partial charge is 0.480 e. The van der Waals surface area contributed by atoms with E-state index < -0.39 is 61.0 Å². The summed E-state index contributed by atoms with van der Waals surface area (Å²) in [6.07, 6.45) is 0.383. The monoisotopic (exact) mass is 421 g/mol. The zero-order valence-electron chi connectivity index (χ0n) is 16.8. The van der Waals surface area contributed by atoms with E-state index in [1.807, 2.05) is 0 Å². The summed E-state index contributed by atoms with van der Waals surface area (Å²) in [5.41, 5.74) is 0.578. The first kappa shape index (κ1) is 21.7. The first-order valence-electron chi connectivity index (χ1n) is 9.67. The molecular weight excluding hydrogens is 397 g/mol. The van der Waals surface area contributed by atoms with Crippen molar-refractivity contribution < 1.29 is 33.4 Å². The molecule has 2 aliphatic heterocycles. The van der Waals surface area contributed by atoms with Crippen molar-refractivity contribution >= 4 is 23.8 Å². The minimum absolute atomic E-state index is 0.103. The lowest BCUT2D eigenvalue weighted by Gasteiger charge is -2.45. The molecule has 2 saturated heterocycles. The Morgan fingerprint density at radius 3 is 2.63 bits per heavy atom. The van der Waals surface area contributed by atoms with E-state index in [1.54, 1.807) is 26.0 Å². The van der Waals surface area contributed by atoms with E-state index in [1.165, 1.54) is 21.9 Å². The van der Waals surface area contributed by atoms with Crippen molar-refractivity contribution in [1.82, 2.24) is 14.7 Å². The maximum atomic E-state index is 13.6. The highest BCUT2D eigenvalue weighted by Gasteiger charge is 2.53. The highest BCUT2D eigenvalue weighted by atomic mass is 19.1. The van der Waals surface area contributed by atoms with Gasteiger partial charge in [-0.15, -0.1) is 0 Å².